The zero-order valence-corrected chi connectivity index (χ0v) is 12.1. The first kappa shape index (κ1) is 17.2. The molecule has 3 N–H and O–H groups in total. The molecule has 7 heteroatoms. The molecule has 21 heavy (non-hydrogen) atoms. The SMILES string of the molecule is CCN1CCCC1CNCc1ccco1.O=C(O)C(=O)O. The van der Waals surface area contributed by atoms with Gasteiger partial charge in [0.05, 0.1) is 12.8 Å². The van der Waals surface area contributed by atoms with Crippen LogP contribution in [0, 0.1) is 0 Å². The quantitative estimate of drug-likeness (QED) is 0.697. The van der Waals surface area contributed by atoms with Crippen LogP contribution in [0.3, 0.4) is 0 Å². The van der Waals surface area contributed by atoms with Crippen LogP contribution in [0.2, 0.25) is 0 Å². The van der Waals surface area contributed by atoms with Gasteiger partial charge in [0.15, 0.2) is 0 Å². The van der Waals surface area contributed by atoms with Gasteiger partial charge in [-0.2, -0.15) is 0 Å². The Morgan fingerprint density at radius 2 is 2.14 bits per heavy atom. The van der Waals surface area contributed by atoms with Crippen molar-refractivity contribution in [2.45, 2.75) is 32.4 Å². The molecule has 0 radical (unpaired) electrons. The maximum atomic E-state index is 9.10. The lowest BCUT2D eigenvalue weighted by Gasteiger charge is -2.22. The van der Waals surface area contributed by atoms with Crippen LogP contribution in [0.5, 0.6) is 0 Å². The zero-order valence-electron chi connectivity index (χ0n) is 12.1. The van der Waals surface area contributed by atoms with Crippen molar-refractivity contribution in [3.63, 3.8) is 0 Å². The summed E-state index contributed by atoms with van der Waals surface area (Å²) in [5, 5.41) is 18.2. The molecule has 1 atom stereocenters. The predicted octanol–water partition coefficient (Wildman–Crippen LogP) is 1.01. The zero-order chi connectivity index (χ0) is 15.7. The van der Waals surface area contributed by atoms with E-state index in [0.717, 1.165) is 24.9 Å². The Morgan fingerprint density at radius 1 is 1.43 bits per heavy atom. The highest BCUT2D eigenvalue weighted by atomic mass is 16.4. The number of carboxylic acids is 2. The van der Waals surface area contributed by atoms with Crippen molar-refractivity contribution in [1.82, 2.24) is 10.2 Å². The second-order valence-corrected chi connectivity index (χ2v) is 4.75. The Labute approximate surface area is 123 Å². The summed E-state index contributed by atoms with van der Waals surface area (Å²) in [5.41, 5.74) is 0. The summed E-state index contributed by atoms with van der Waals surface area (Å²) in [5.74, 6) is -2.62. The van der Waals surface area contributed by atoms with E-state index >= 15 is 0 Å². The summed E-state index contributed by atoms with van der Waals surface area (Å²) in [6, 6.07) is 4.68. The molecule has 7 nitrogen and oxygen atoms in total. The van der Waals surface area contributed by atoms with Crippen LogP contribution < -0.4 is 5.32 Å². The number of likely N-dealkylation sites (tertiary alicyclic amines) is 1. The molecule has 0 bridgehead atoms. The number of aliphatic carboxylic acids is 2. The van der Waals surface area contributed by atoms with Gasteiger partial charge >= 0.3 is 11.9 Å². The van der Waals surface area contributed by atoms with Gasteiger partial charge in [0.1, 0.15) is 5.76 Å². The molecule has 0 amide bonds. The Bertz CT molecular complexity index is 421. The first-order chi connectivity index (χ1) is 10.0. The highest BCUT2D eigenvalue weighted by Gasteiger charge is 2.22. The minimum atomic E-state index is -1.82. The number of likely N-dealkylation sites (N-methyl/N-ethyl adjacent to an activating group) is 1. The van der Waals surface area contributed by atoms with Gasteiger partial charge in [-0.15, -0.1) is 0 Å². The second kappa shape index (κ2) is 9.15. The molecule has 1 aromatic heterocycles. The molecule has 0 aliphatic carbocycles. The highest BCUT2D eigenvalue weighted by Crippen LogP contribution is 2.15. The smallest absolute Gasteiger partial charge is 0.414 e. The van der Waals surface area contributed by atoms with Crippen LogP contribution in [-0.2, 0) is 16.1 Å². The number of hydrogen-bond donors (Lipinski definition) is 3. The Hall–Kier alpha value is -1.86. The third-order valence-corrected chi connectivity index (χ3v) is 3.35. The van der Waals surface area contributed by atoms with Gasteiger partial charge in [-0.3, -0.25) is 4.90 Å². The van der Waals surface area contributed by atoms with Crippen LogP contribution in [0.1, 0.15) is 25.5 Å². The van der Waals surface area contributed by atoms with Crippen molar-refractivity contribution < 1.29 is 24.2 Å². The van der Waals surface area contributed by atoms with Crippen molar-refractivity contribution in [3.05, 3.63) is 24.2 Å². The van der Waals surface area contributed by atoms with E-state index < -0.39 is 11.9 Å². The molecular weight excluding hydrogens is 276 g/mol. The van der Waals surface area contributed by atoms with E-state index in [1.165, 1.54) is 25.9 Å². The average molecular weight is 298 g/mol. The predicted molar refractivity (Wildman–Crippen MR) is 76.0 cm³/mol. The topological polar surface area (TPSA) is 103 Å². The first-order valence-corrected chi connectivity index (χ1v) is 6.98. The summed E-state index contributed by atoms with van der Waals surface area (Å²) < 4.78 is 5.28. The number of nitrogens with one attached hydrogen (secondary N) is 1. The number of nitrogens with zero attached hydrogens (tertiary/aromatic N) is 1. The summed E-state index contributed by atoms with van der Waals surface area (Å²) in [6.45, 7) is 6.61. The molecule has 2 rings (SSSR count). The second-order valence-electron chi connectivity index (χ2n) is 4.75. The van der Waals surface area contributed by atoms with Gasteiger partial charge < -0.3 is 19.9 Å². The molecule has 0 spiro atoms. The molecule has 0 saturated carbocycles. The molecule has 1 saturated heterocycles. The van der Waals surface area contributed by atoms with E-state index in [4.69, 9.17) is 24.2 Å². The van der Waals surface area contributed by atoms with Crippen molar-refractivity contribution in [2.24, 2.45) is 0 Å². The van der Waals surface area contributed by atoms with Crippen molar-refractivity contribution in [3.8, 4) is 0 Å². The van der Waals surface area contributed by atoms with Gasteiger partial charge in [-0.05, 0) is 38.1 Å². The lowest BCUT2D eigenvalue weighted by atomic mass is 10.2. The molecule has 1 unspecified atom stereocenters. The maximum absolute atomic E-state index is 9.10. The highest BCUT2D eigenvalue weighted by molar-refractivity contribution is 6.27. The fourth-order valence-corrected chi connectivity index (χ4v) is 2.32. The normalized spacial score (nSPS) is 18.0. The van der Waals surface area contributed by atoms with Crippen LogP contribution in [0.15, 0.2) is 22.8 Å². The van der Waals surface area contributed by atoms with Crippen LogP contribution in [0.25, 0.3) is 0 Å². The third kappa shape index (κ3) is 6.42. The van der Waals surface area contributed by atoms with E-state index in [1.54, 1.807) is 6.26 Å². The summed E-state index contributed by atoms with van der Waals surface area (Å²) >= 11 is 0. The van der Waals surface area contributed by atoms with Gasteiger partial charge in [0, 0.05) is 12.6 Å². The van der Waals surface area contributed by atoms with E-state index in [0.29, 0.717) is 0 Å². The molecule has 118 valence electrons. The minimum Gasteiger partial charge on any atom is -0.473 e. The Kier molecular flexibility index (Phi) is 7.49. The molecule has 1 aliphatic heterocycles. The van der Waals surface area contributed by atoms with Gasteiger partial charge in [-0.25, -0.2) is 9.59 Å². The molecule has 1 fully saturated rings. The van der Waals surface area contributed by atoms with Crippen molar-refractivity contribution in [1.29, 1.82) is 0 Å². The van der Waals surface area contributed by atoms with Crippen LogP contribution in [-0.4, -0.2) is 52.7 Å². The fourth-order valence-electron chi connectivity index (χ4n) is 2.32. The lowest BCUT2D eigenvalue weighted by Crippen LogP contribution is -2.37. The number of furan rings is 1. The fraction of sp³-hybridized carbons (Fsp3) is 0.571. The van der Waals surface area contributed by atoms with E-state index in [-0.39, 0.29) is 0 Å². The number of carbonyl (C=O) groups is 2. The summed E-state index contributed by atoms with van der Waals surface area (Å²) in [7, 11) is 0. The van der Waals surface area contributed by atoms with Crippen molar-refractivity contribution >= 4 is 11.9 Å². The van der Waals surface area contributed by atoms with Gasteiger partial charge in [0.2, 0.25) is 0 Å². The monoisotopic (exact) mass is 298 g/mol. The van der Waals surface area contributed by atoms with Crippen LogP contribution >= 0.6 is 0 Å². The summed E-state index contributed by atoms with van der Waals surface area (Å²) in [4.78, 5) is 20.7. The number of hydrogen-bond acceptors (Lipinski definition) is 5. The lowest BCUT2D eigenvalue weighted by molar-refractivity contribution is -0.159. The Balaban J connectivity index is 0.000000315. The van der Waals surface area contributed by atoms with E-state index in [2.05, 4.69) is 17.1 Å². The molecule has 1 aliphatic rings. The minimum absolute atomic E-state index is 0.727. The van der Waals surface area contributed by atoms with Crippen LogP contribution in [0.4, 0.5) is 0 Å². The summed E-state index contributed by atoms with van der Waals surface area (Å²) in [6.07, 6.45) is 4.41. The largest absolute Gasteiger partial charge is 0.473 e. The Morgan fingerprint density at radius 3 is 2.67 bits per heavy atom. The first-order valence-electron chi connectivity index (χ1n) is 6.98. The van der Waals surface area contributed by atoms with Gasteiger partial charge in [-0.1, -0.05) is 6.92 Å². The molecule has 0 aromatic carbocycles. The molecular formula is C14H22N2O5. The average Bonchev–Trinajstić information content (AvgIpc) is 3.10. The number of rotatable bonds is 5. The van der Waals surface area contributed by atoms with Gasteiger partial charge in [0.25, 0.3) is 0 Å². The molecule has 1 aromatic rings. The maximum Gasteiger partial charge on any atom is 0.414 e. The number of carboxylic acid groups (broad SMARTS) is 2. The molecule has 2 heterocycles. The standard InChI is InChI=1S/C12H20N2O.C2H2O4/c1-2-14-7-3-5-11(14)9-13-10-12-6-4-8-15-12;3-1(4)2(5)6/h4,6,8,11,13H,2-3,5,7,9-10H2,1H3;(H,3,4)(H,5,6). The van der Waals surface area contributed by atoms with E-state index in [1.807, 2.05) is 12.1 Å². The van der Waals surface area contributed by atoms with E-state index in [9.17, 15) is 0 Å². The van der Waals surface area contributed by atoms with Crippen molar-refractivity contribution in [2.75, 3.05) is 19.6 Å². The third-order valence-electron chi connectivity index (χ3n) is 3.35.